The molecule has 9 heteroatoms. The van der Waals surface area contributed by atoms with Crippen molar-refractivity contribution in [2.75, 3.05) is 26.4 Å². The first-order valence-corrected chi connectivity index (χ1v) is 30.9. The fourth-order valence-corrected chi connectivity index (χ4v) is 9.82. The minimum atomic E-state index is -1.53. The fraction of sp³-hybridized carbons (Fsp3) is 0.919. The van der Waals surface area contributed by atoms with Crippen LogP contribution in [-0.4, -0.2) is 89.6 Å². The molecule has 0 bridgehead atoms. The van der Waals surface area contributed by atoms with E-state index in [0.717, 1.165) is 38.5 Å². The van der Waals surface area contributed by atoms with Gasteiger partial charge in [0.15, 0.2) is 6.29 Å². The van der Waals surface area contributed by atoms with Crippen LogP contribution in [0.2, 0.25) is 0 Å². The average Bonchev–Trinajstić information content (AvgIpc) is 3.37. The van der Waals surface area contributed by atoms with E-state index < -0.39 is 43.4 Å². The van der Waals surface area contributed by atoms with Crippen molar-refractivity contribution in [3.63, 3.8) is 0 Å². The maximum Gasteiger partial charge on any atom is 0.306 e. The molecule has 4 N–H and O–H groups in total. The van der Waals surface area contributed by atoms with Gasteiger partial charge >= 0.3 is 5.97 Å². The first-order valence-electron chi connectivity index (χ1n) is 30.9. The lowest BCUT2D eigenvalue weighted by molar-refractivity contribution is -0.305. The first kappa shape index (κ1) is 67.7. The molecule has 6 atom stereocenters. The quantitative estimate of drug-likeness (QED) is 0.0267. The Balaban J connectivity index is 2.11. The van der Waals surface area contributed by atoms with E-state index in [1.807, 2.05) is 0 Å². The summed E-state index contributed by atoms with van der Waals surface area (Å²) in [6.45, 7) is 4.62. The highest BCUT2D eigenvalue weighted by Gasteiger charge is 2.44. The number of allylic oxidation sites excluding steroid dienone is 4. The number of aliphatic hydroxyl groups excluding tert-OH is 4. The van der Waals surface area contributed by atoms with Gasteiger partial charge in [-0.05, 0) is 44.9 Å². The molecule has 1 aliphatic heterocycles. The molecule has 0 radical (unpaired) electrons. The van der Waals surface area contributed by atoms with Crippen LogP contribution in [0, 0.1) is 0 Å². The van der Waals surface area contributed by atoms with Gasteiger partial charge in [-0.3, -0.25) is 4.79 Å². The summed E-state index contributed by atoms with van der Waals surface area (Å²) < 4.78 is 23.0. The Kier molecular flexibility index (Phi) is 51.0. The van der Waals surface area contributed by atoms with Gasteiger partial charge in [-0.25, -0.2) is 0 Å². The summed E-state index contributed by atoms with van der Waals surface area (Å²) in [5, 5.41) is 40.4. The lowest BCUT2D eigenvalue weighted by Gasteiger charge is -2.39. The molecule has 1 saturated heterocycles. The second-order valence-corrected chi connectivity index (χ2v) is 21.5. The number of hydrogen-bond acceptors (Lipinski definition) is 9. The highest BCUT2D eigenvalue weighted by Crippen LogP contribution is 2.23. The highest BCUT2D eigenvalue weighted by molar-refractivity contribution is 5.69. The zero-order valence-electron chi connectivity index (χ0n) is 46.8. The van der Waals surface area contributed by atoms with Crippen molar-refractivity contribution in [1.82, 2.24) is 0 Å². The number of rotatable bonds is 55. The van der Waals surface area contributed by atoms with Crippen molar-refractivity contribution in [3.05, 3.63) is 24.3 Å². The van der Waals surface area contributed by atoms with Gasteiger partial charge in [-0.1, -0.05) is 276 Å². The molecule has 6 unspecified atom stereocenters. The smallest absolute Gasteiger partial charge is 0.306 e. The van der Waals surface area contributed by atoms with E-state index in [0.29, 0.717) is 13.0 Å². The zero-order valence-corrected chi connectivity index (χ0v) is 46.8. The molecule has 0 spiro atoms. The van der Waals surface area contributed by atoms with Gasteiger partial charge in [0.1, 0.15) is 30.5 Å². The normalized spacial score (nSPS) is 18.9. The van der Waals surface area contributed by atoms with E-state index in [2.05, 4.69) is 38.2 Å². The largest absolute Gasteiger partial charge is 0.457 e. The third-order valence-electron chi connectivity index (χ3n) is 14.6. The average molecular weight is 1010 g/mol. The minimum absolute atomic E-state index is 0.108. The van der Waals surface area contributed by atoms with Crippen molar-refractivity contribution in [2.24, 2.45) is 0 Å². The molecule has 0 saturated carbocycles. The number of unbranched alkanes of at least 4 members (excludes halogenated alkanes) is 40. The van der Waals surface area contributed by atoms with Crippen molar-refractivity contribution in [1.29, 1.82) is 0 Å². The predicted molar refractivity (Wildman–Crippen MR) is 298 cm³/mol. The Labute approximate surface area is 438 Å². The monoisotopic (exact) mass is 1010 g/mol. The van der Waals surface area contributed by atoms with Crippen molar-refractivity contribution < 1.29 is 44.2 Å². The van der Waals surface area contributed by atoms with Gasteiger partial charge in [0.25, 0.3) is 0 Å². The van der Waals surface area contributed by atoms with Gasteiger partial charge < -0.3 is 39.4 Å². The van der Waals surface area contributed by atoms with Crippen LogP contribution in [0.5, 0.6) is 0 Å². The number of ether oxygens (including phenoxy) is 4. The summed E-state index contributed by atoms with van der Waals surface area (Å²) in [7, 11) is 0. The predicted octanol–water partition coefficient (Wildman–Crippen LogP) is 16.4. The molecule has 1 fully saturated rings. The second kappa shape index (κ2) is 53.5. The third-order valence-corrected chi connectivity index (χ3v) is 14.6. The van der Waals surface area contributed by atoms with Crippen LogP contribution in [0.15, 0.2) is 24.3 Å². The molecule has 9 nitrogen and oxygen atoms in total. The Hall–Kier alpha value is -1.33. The first-order chi connectivity index (χ1) is 34.9. The van der Waals surface area contributed by atoms with Crippen LogP contribution in [0.3, 0.4) is 0 Å². The molecule has 420 valence electrons. The number of esters is 1. The van der Waals surface area contributed by atoms with E-state index in [1.54, 1.807) is 0 Å². The lowest BCUT2D eigenvalue weighted by atomic mass is 9.99. The van der Waals surface area contributed by atoms with Crippen LogP contribution < -0.4 is 0 Å². The van der Waals surface area contributed by atoms with Gasteiger partial charge in [0, 0.05) is 13.0 Å². The summed E-state index contributed by atoms with van der Waals surface area (Å²) in [4.78, 5) is 12.9. The molecule has 1 rings (SSSR count). The standard InChI is InChI=1S/C62H118O9/c1-3-5-7-9-11-13-15-17-19-21-23-25-27-28-29-31-33-35-37-39-41-43-45-47-49-51-58(64)70-56(55-69-62-61(67)60(66)59(65)57(53-63)71-62)54-68-52-50-48-46-44-42-40-38-36-34-32-30-26-24-22-20-18-16-14-12-10-8-6-4-2/h15,17,21,23,56-57,59-63,65-67H,3-14,16,18-20,22,24-55H2,1-2H3/b17-15-,23-21-. The molecule has 0 aliphatic carbocycles. The Morgan fingerprint density at radius 1 is 0.451 bits per heavy atom. The fourth-order valence-electron chi connectivity index (χ4n) is 9.82. The number of carbonyl (C=O) groups is 1. The van der Waals surface area contributed by atoms with Crippen molar-refractivity contribution in [2.45, 2.75) is 340 Å². The zero-order chi connectivity index (χ0) is 51.3. The van der Waals surface area contributed by atoms with E-state index in [-0.39, 0.29) is 19.2 Å². The van der Waals surface area contributed by atoms with Crippen LogP contribution in [0.25, 0.3) is 0 Å². The lowest BCUT2D eigenvalue weighted by Crippen LogP contribution is -2.59. The van der Waals surface area contributed by atoms with Gasteiger partial charge in [-0.2, -0.15) is 0 Å². The maximum absolute atomic E-state index is 12.9. The summed E-state index contributed by atoms with van der Waals surface area (Å²) in [6.07, 6.45) is 59.5. The molecule has 0 aromatic carbocycles. The molecule has 0 aromatic heterocycles. The van der Waals surface area contributed by atoms with Gasteiger partial charge in [0.2, 0.25) is 0 Å². The van der Waals surface area contributed by atoms with Crippen molar-refractivity contribution in [3.8, 4) is 0 Å². The topological polar surface area (TPSA) is 135 Å². The molecule has 0 amide bonds. The number of aliphatic hydroxyl groups is 4. The van der Waals surface area contributed by atoms with Crippen LogP contribution >= 0.6 is 0 Å². The minimum Gasteiger partial charge on any atom is -0.457 e. The van der Waals surface area contributed by atoms with Crippen LogP contribution in [-0.2, 0) is 23.7 Å². The van der Waals surface area contributed by atoms with Gasteiger partial charge in [-0.15, -0.1) is 0 Å². The summed E-state index contributed by atoms with van der Waals surface area (Å²) >= 11 is 0. The summed E-state index contributed by atoms with van der Waals surface area (Å²) in [6, 6.07) is 0. The van der Waals surface area contributed by atoms with Crippen molar-refractivity contribution >= 4 is 5.97 Å². The summed E-state index contributed by atoms with van der Waals surface area (Å²) in [5.74, 6) is -0.307. The third kappa shape index (κ3) is 43.6. The number of hydrogen-bond donors (Lipinski definition) is 4. The van der Waals surface area contributed by atoms with E-state index >= 15 is 0 Å². The van der Waals surface area contributed by atoms with E-state index in [4.69, 9.17) is 18.9 Å². The van der Waals surface area contributed by atoms with E-state index in [9.17, 15) is 25.2 Å². The number of carbonyl (C=O) groups excluding carboxylic acids is 1. The summed E-state index contributed by atoms with van der Waals surface area (Å²) in [5.41, 5.74) is 0. The second-order valence-electron chi connectivity index (χ2n) is 21.5. The highest BCUT2D eigenvalue weighted by atomic mass is 16.7. The maximum atomic E-state index is 12.9. The van der Waals surface area contributed by atoms with Gasteiger partial charge in [0.05, 0.1) is 19.8 Å². The molecule has 71 heavy (non-hydrogen) atoms. The van der Waals surface area contributed by atoms with E-state index in [1.165, 1.54) is 244 Å². The molecular formula is C62H118O9. The molecular weight excluding hydrogens is 889 g/mol. The Morgan fingerprint density at radius 2 is 0.817 bits per heavy atom. The Bertz CT molecular complexity index is 1150. The van der Waals surface area contributed by atoms with Crippen LogP contribution in [0.4, 0.5) is 0 Å². The Morgan fingerprint density at radius 3 is 1.21 bits per heavy atom. The molecule has 1 aliphatic rings. The SMILES string of the molecule is CCCCCCC/C=C\C/C=C\CCCCCCCCCCCCCCCC(=O)OC(COCCCCCCCCCCCCCCCCCCCCCCCCC)COC1OC(CO)C(O)C(O)C1O. The molecule has 0 aromatic rings. The van der Waals surface area contributed by atoms with Crippen LogP contribution in [0.1, 0.15) is 303 Å². The molecule has 1 heterocycles.